The Hall–Kier alpha value is -2.29. The van der Waals surface area contributed by atoms with Crippen LogP contribution in [0.4, 0.5) is 5.82 Å². The van der Waals surface area contributed by atoms with E-state index in [1.54, 1.807) is 41.5 Å². The molecule has 0 aliphatic heterocycles. The van der Waals surface area contributed by atoms with E-state index in [2.05, 4.69) is 42.9 Å². The van der Waals surface area contributed by atoms with Crippen molar-refractivity contribution in [2.45, 2.75) is 6.92 Å². The van der Waals surface area contributed by atoms with Crippen molar-refractivity contribution < 1.29 is 4.79 Å². The number of amides is 1. The number of rotatable bonds is 3. The first-order chi connectivity index (χ1) is 10.6. The Morgan fingerprint density at radius 1 is 1.23 bits per heavy atom. The first-order valence-electron chi connectivity index (χ1n) is 6.53. The van der Waals surface area contributed by atoms with Gasteiger partial charge in [0.05, 0.1) is 5.69 Å². The van der Waals surface area contributed by atoms with Gasteiger partial charge in [-0.3, -0.25) is 9.36 Å². The number of nitrogens with one attached hydrogen (secondary N) is 1. The molecule has 110 valence electrons. The van der Waals surface area contributed by atoms with E-state index >= 15 is 0 Å². The van der Waals surface area contributed by atoms with Gasteiger partial charge in [-0.2, -0.15) is 0 Å². The summed E-state index contributed by atoms with van der Waals surface area (Å²) in [5.41, 5.74) is 1.20. The Kier molecular flexibility index (Phi) is 4.14. The van der Waals surface area contributed by atoms with E-state index in [4.69, 9.17) is 0 Å². The molecule has 0 saturated heterocycles. The lowest BCUT2D eigenvalue weighted by atomic mass is 10.3. The molecule has 0 unspecified atom stereocenters. The molecule has 22 heavy (non-hydrogen) atoms. The molecule has 0 aliphatic rings. The van der Waals surface area contributed by atoms with E-state index in [1.807, 2.05) is 19.1 Å². The summed E-state index contributed by atoms with van der Waals surface area (Å²) in [7, 11) is 0. The number of hydrogen-bond donors (Lipinski definition) is 1. The Morgan fingerprint density at radius 3 is 2.82 bits per heavy atom. The van der Waals surface area contributed by atoms with Crippen molar-refractivity contribution in [2.75, 3.05) is 5.32 Å². The van der Waals surface area contributed by atoms with Gasteiger partial charge in [0.25, 0.3) is 5.91 Å². The summed E-state index contributed by atoms with van der Waals surface area (Å²) in [6, 6.07) is 8.94. The van der Waals surface area contributed by atoms with Gasteiger partial charge in [-0.25, -0.2) is 15.0 Å². The third-order valence-corrected chi connectivity index (χ3v) is 4.14. The third kappa shape index (κ3) is 3.14. The first kappa shape index (κ1) is 14.6. The van der Waals surface area contributed by atoms with Crippen LogP contribution < -0.4 is 5.32 Å². The van der Waals surface area contributed by atoms with Crippen LogP contribution in [0.3, 0.4) is 0 Å². The van der Waals surface area contributed by atoms with Gasteiger partial charge in [0.1, 0.15) is 23.7 Å². The fourth-order valence-electron chi connectivity index (χ4n) is 1.88. The number of halogens is 1. The normalized spacial score (nSPS) is 10.5. The standard InChI is InChI=1S/C15H12IN5O/c1-10-11(16)5-6-13(18-10)20-15(22)12-3-2-4-14(19-12)21-8-7-17-9-21/h2-9H,1H3,(H,18,20,22). The average molecular weight is 405 g/mol. The highest BCUT2D eigenvalue weighted by molar-refractivity contribution is 14.1. The molecule has 0 aliphatic carbocycles. The maximum atomic E-state index is 12.3. The predicted octanol–water partition coefficient (Wildman–Crippen LogP) is 2.83. The van der Waals surface area contributed by atoms with Crippen molar-refractivity contribution in [3.05, 3.63) is 64.0 Å². The van der Waals surface area contributed by atoms with Gasteiger partial charge in [0.2, 0.25) is 0 Å². The number of nitrogens with zero attached hydrogens (tertiary/aromatic N) is 4. The van der Waals surface area contributed by atoms with Gasteiger partial charge >= 0.3 is 0 Å². The number of anilines is 1. The van der Waals surface area contributed by atoms with Crippen molar-refractivity contribution in [1.82, 2.24) is 19.5 Å². The first-order valence-corrected chi connectivity index (χ1v) is 7.61. The molecule has 3 aromatic heterocycles. The van der Waals surface area contributed by atoms with Crippen LogP contribution >= 0.6 is 22.6 Å². The maximum Gasteiger partial charge on any atom is 0.275 e. The molecule has 1 N–H and O–H groups in total. The van der Waals surface area contributed by atoms with Crippen LogP contribution in [0.2, 0.25) is 0 Å². The quantitative estimate of drug-likeness (QED) is 0.681. The fraction of sp³-hybridized carbons (Fsp3) is 0.0667. The highest BCUT2D eigenvalue weighted by atomic mass is 127. The van der Waals surface area contributed by atoms with Crippen LogP contribution in [0, 0.1) is 10.5 Å². The molecular weight excluding hydrogens is 393 g/mol. The molecule has 3 heterocycles. The molecule has 6 nitrogen and oxygen atoms in total. The number of carbonyl (C=O) groups excluding carboxylic acids is 1. The Bertz CT molecular complexity index is 817. The summed E-state index contributed by atoms with van der Waals surface area (Å²) in [5, 5.41) is 2.76. The van der Waals surface area contributed by atoms with E-state index in [1.165, 1.54) is 0 Å². The Balaban J connectivity index is 1.83. The van der Waals surface area contributed by atoms with Gasteiger partial charge in [-0.15, -0.1) is 0 Å². The third-order valence-electron chi connectivity index (χ3n) is 3.00. The van der Waals surface area contributed by atoms with E-state index in [-0.39, 0.29) is 5.91 Å². The lowest BCUT2D eigenvalue weighted by molar-refractivity contribution is 0.102. The molecule has 0 spiro atoms. The fourth-order valence-corrected chi connectivity index (χ4v) is 2.18. The average Bonchev–Trinajstić information content (AvgIpc) is 3.05. The lowest BCUT2D eigenvalue weighted by Gasteiger charge is -2.07. The summed E-state index contributed by atoms with van der Waals surface area (Å²) in [6.07, 6.45) is 5.06. The largest absolute Gasteiger partial charge is 0.305 e. The summed E-state index contributed by atoms with van der Waals surface area (Å²) in [5.74, 6) is 0.852. The number of carbonyl (C=O) groups is 1. The van der Waals surface area contributed by atoms with E-state index in [0.29, 0.717) is 17.3 Å². The van der Waals surface area contributed by atoms with E-state index < -0.39 is 0 Å². The molecule has 3 aromatic rings. The van der Waals surface area contributed by atoms with Crippen molar-refractivity contribution in [3.63, 3.8) is 0 Å². The molecule has 1 amide bonds. The van der Waals surface area contributed by atoms with Gasteiger partial charge in [0, 0.05) is 16.0 Å². The van der Waals surface area contributed by atoms with Gasteiger partial charge < -0.3 is 5.32 Å². The van der Waals surface area contributed by atoms with Gasteiger partial charge in [-0.1, -0.05) is 6.07 Å². The zero-order valence-corrected chi connectivity index (χ0v) is 13.9. The summed E-state index contributed by atoms with van der Waals surface area (Å²) in [6.45, 7) is 1.90. The van der Waals surface area contributed by atoms with Crippen molar-refractivity contribution >= 4 is 34.3 Å². The second-order valence-corrected chi connectivity index (χ2v) is 5.73. The predicted molar refractivity (Wildman–Crippen MR) is 91.0 cm³/mol. The summed E-state index contributed by atoms with van der Waals surface area (Å²) in [4.78, 5) is 24.9. The molecule has 0 bridgehead atoms. The summed E-state index contributed by atoms with van der Waals surface area (Å²) >= 11 is 2.20. The molecule has 0 saturated carbocycles. The van der Waals surface area contributed by atoms with Gasteiger partial charge in [-0.05, 0) is 53.8 Å². The van der Waals surface area contributed by atoms with Crippen molar-refractivity contribution in [3.8, 4) is 5.82 Å². The molecular formula is C15H12IN5O. The number of hydrogen-bond acceptors (Lipinski definition) is 4. The minimum absolute atomic E-state index is 0.296. The van der Waals surface area contributed by atoms with E-state index in [9.17, 15) is 4.79 Å². The number of pyridine rings is 2. The highest BCUT2D eigenvalue weighted by Crippen LogP contribution is 2.13. The van der Waals surface area contributed by atoms with Crippen LogP contribution in [-0.4, -0.2) is 25.4 Å². The zero-order valence-electron chi connectivity index (χ0n) is 11.7. The molecule has 3 rings (SSSR count). The zero-order chi connectivity index (χ0) is 15.5. The van der Waals surface area contributed by atoms with Gasteiger partial charge in [0.15, 0.2) is 0 Å². The van der Waals surface area contributed by atoms with Crippen LogP contribution in [0.15, 0.2) is 49.1 Å². The monoisotopic (exact) mass is 405 g/mol. The van der Waals surface area contributed by atoms with E-state index in [0.717, 1.165) is 9.26 Å². The SMILES string of the molecule is Cc1nc(NC(=O)c2cccc(-n3ccnc3)n2)ccc1I. The minimum Gasteiger partial charge on any atom is -0.305 e. The molecule has 0 atom stereocenters. The topological polar surface area (TPSA) is 72.7 Å². The molecule has 0 fully saturated rings. The molecule has 0 aromatic carbocycles. The van der Waals surface area contributed by atoms with Crippen molar-refractivity contribution in [2.24, 2.45) is 0 Å². The Labute approximate surface area is 140 Å². The molecule has 7 heteroatoms. The maximum absolute atomic E-state index is 12.3. The second-order valence-electron chi connectivity index (χ2n) is 4.57. The van der Waals surface area contributed by atoms with Crippen LogP contribution in [-0.2, 0) is 0 Å². The highest BCUT2D eigenvalue weighted by Gasteiger charge is 2.10. The van der Waals surface area contributed by atoms with Crippen LogP contribution in [0.25, 0.3) is 5.82 Å². The summed E-state index contributed by atoms with van der Waals surface area (Å²) < 4.78 is 2.79. The number of aryl methyl sites for hydroxylation is 1. The van der Waals surface area contributed by atoms with Crippen molar-refractivity contribution in [1.29, 1.82) is 0 Å². The number of imidazole rings is 1. The van der Waals surface area contributed by atoms with Crippen LogP contribution in [0.5, 0.6) is 0 Å². The minimum atomic E-state index is -0.296. The lowest BCUT2D eigenvalue weighted by Crippen LogP contribution is -2.15. The second kappa shape index (κ2) is 6.22. The molecule has 0 radical (unpaired) electrons. The smallest absolute Gasteiger partial charge is 0.275 e. The Morgan fingerprint density at radius 2 is 2.09 bits per heavy atom. The number of aromatic nitrogens is 4. The van der Waals surface area contributed by atoms with Crippen LogP contribution in [0.1, 0.15) is 16.2 Å².